The third-order valence-corrected chi connectivity index (χ3v) is 4.94. The molecule has 0 saturated heterocycles. The summed E-state index contributed by atoms with van der Waals surface area (Å²) >= 11 is 1.53. The van der Waals surface area contributed by atoms with E-state index in [-0.39, 0.29) is 6.03 Å². The molecule has 0 atom stereocenters. The van der Waals surface area contributed by atoms with E-state index in [0.29, 0.717) is 17.4 Å². The molecule has 34 heavy (non-hydrogen) atoms. The largest absolute Gasteiger partial charge is 0.542 e. The van der Waals surface area contributed by atoms with E-state index in [9.17, 15) is 18.0 Å². The zero-order valence-corrected chi connectivity index (χ0v) is 18.5. The smallest absolute Gasteiger partial charge is 0.430 e. The van der Waals surface area contributed by atoms with Crippen LogP contribution in [0.15, 0.2) is 47.3 Å². The van der Waals surface area contributed by atoms with Gasteiger partial charge in [-0.1, -0.05) is 0 Å². The van der Waals surface area contributed by atoms with Gasteiger partial charge in [0, 0.05) is 29.3 Å². The van der Waals surface area contributed by atoms with E-state index in [1.165, 1.54) is 16.2 Å². The number of benzene rings is 1. The van der Waals surface area contributed by atoms with E-state index in [2.05, 4.69) is 25.3 Å². The summed E-state index contributed by atoms with van der Waals surface area (Å²) in [5.41, 5.74) is 5.14. The first-order valence-electron chi connectivity index (χ1n) is 9.41. The number of anilines is 2. The standard InChI is InChI=1S/C18H16N6O2S.C2HF3O2/c1-24(15-4-3-5-16(23-15)26-2)18(25)20-11-6-7-12-13(8-11)22-17(21-12)14-9-27-10-19-14;3-2(4,5)1(6)7/h3-10H,1-2H3,(H,20,25)(H,21,22);(H,6,7)/p+1. The number of thiazole rings is 1. The average Bonchev–Trinajstić information content (AvgIpc) is 3.48. The molecule has 3 aromatic heterocycles. The number of aromatic nitrogens is 4. The molecule has 10 nitrogen and oxygen atoms in total. The van der Waals surface area contributed by atoms with E-state index >= 15 is 0 Å². The van der Waals surface area contributed by atoms with E-state index in [1.54, 1.807) is 31.8 Å². The molecule has 0 aliphatic rings. The van der Waals surface area contributed by atoms with Crippen LogP contribution in [0.2, 0.25) is 0 Å². The Morgan fingerprint density at radius 3 is 2.59 bits per heavy atom. The highest BCUT2D eigenvalue weighted by Crippen LogP contribution is 2.20. The molecule has 0 aliphatic heterocycles. The average molecular weight is 495 g/mol. The van der Waals surface area contributed by atoms with Crippen molar-refractivity contribution in [2.75, 3.05) is 24.4 Å². The molecule has 14 heteroatoms. The molecule has 0 spiro atoms. The number of aliphatic carboxylic acids is 1. The van der Waals surface area contributed by atoms with Crippen molar-refractivity contribution >= 4 is 45.9 Å². The number of aromatic amines is 3. The second-order valence-electron chi connectivity index (χ2n) is 6.64. The molecule has 2 amide bonds. The number of halogens is 3. The number of nitrogens with one attached hydrogen (secondary N) is 4. The lowest BCUT2D eigenvalue weighted by atomic mass is 10.3. The number of pyridine rings is 1. The van der Waals surface area contributed by atoms with Crippen LogP contribution in [0.5, 0.6) is 5.88 Å². The first kappa shape index (κ1) is 24.4. The fourth-order valence-corrected chi connectivity index (χ4v) is 3.21. The highest BCUT2D eigenvalue weighted by Gasteiger charge is 2.28. The third-order valence-electron chi connectivity index (χ3n) is 4.35. The number of hydrogen-bond acceptors (Lipinski definition) is 6. The molecule has 0 unspecified atom stereocenters. The Labute approximate surface area is 194 Å². The van der Waals surface area contributed by atoms with Crippen LogP contribution in [-0.4, -0.2) is 42.3 Å². The number of carbonyl (C=O) groups excluding carboxylic acids is 2. The topological polar surface area (TPSA) is 139 Å². The van der Waals surface area contributed by atoms with Crippen molar-refractivity contribution in [3.05, 3.63) is 47.3 Å². The predicted octanol–water partition coefficient (Wildman–Crippen LogP) is 1.90. The minimum Gasteiger partial charge on any atom is -0.542 e. The van der Waals surface area contributed by atoms with Gasteiger partial charge in [-0.2, -0.15) is 18.1 Å². The number of methoxy groups -OCH3 is 1. The minimum atomic E-state index is -5.19. The van der Waals surface area contributed by atoms with E-state index in [0.717, 1.165) is 22.6 Å². The van der Waals surface area contributed by atoms with Crippen molar-refractivity contribution in [2.24, 2.45) is 0 Å². The van der Waals surface area contributed by atoms with Crippen molar-refractivity contribution in [1.82, 2.24) is 9.97 Å². The predicted molar refractivity (Wildman–Crippen MR) is 114 cm³/mol. The lowest BCUT2D eigenvalue weighted by Gasteiger charge is -2.10. The Bertz CT molecular complexity index is 1290. The number of H-pyrrole nitrogens is 3. The molecule has 178 valence electrons. The minimum absolute atomic E-state index is 0.269. The Morgan fingerprint density at radius 1 is 1.24 bits per heavy atom. The fourth-order valence-electron chi connectivity index (χ4n) is 2.67. The summed E-state index contributed by atoms with van der Waals surface area (Å²) in [5, 5.41) is 13.6. The van der Waals surface area contributed by atoms with Gasteiger partial charge in [-0.25, -0.2) is 24.7 Å². The molecule has 3 heterocycles. The molecule has 4 aromatic rings. The number of nitrogens with zero attached hydrogens (tertiary/aromatic N) is 2. The first-order chi connectivity index (χ1) is 16.1. The Morgan fingerprint density at radius 2 is 1.97 bits per heavy atom. The van der Waals surface area contributed by atoms with Crippen molar-refractivity contribution in [2.45, 2.75) is 6.18 Å². The molecule has 4 N–H and O–H groups in total. The molecular formula is C20H18F3N6O4S+. The zero-order valence-electron chi connectivity index (χ0n) is 17.7. The summed E-state index contributed by atoms with van der Waals surface area (Å²) in [6, 6.07) is 10.8. The summed E-state index contributed by atoms with van der Waals surface area (Å²) in [6.45, 7) is 0. The maximum absolute atomic E-state index is 12.6. The number of alkyl halides is 3. The van der Waals surface area contributed by atoms with E-state index < -0.39 is 12.1 Å². The van der Waals surface area contributed by atoms with Crippen LogP contribution in [0.1, 0.15) is 0 Å². The van der Waals surface area contributed by atoms with E-state index in [4.69, 9.17) is 14.6 Å². The number of carboxylic acids is 1. The number of amides is 2. The molecule has 4 rings (SSSR count). The first-order valence-corrected chi connectivity index (χ1v) is 10.4. The summed E-state index contributed by atoms with van der Waals surface area (Å²) in [7, 11) is 3.25. The lowest BCUT2D eigenvalue weighted by Crippen LogP contribution is -2.37. The molecular weight excluding hydrogens is 477 g/mol. The maximum atomic E-state index is 12.6. The van der Waals surface area contributed by atoms with Crippen LogP contribution >= 0.6 is 11.3 Å². The Kier molecular flexibility index (Phi) is 7.31. The van der Waals surface area contributed by atoms with Crippen LogP contribution in [-0.2, 0) is 4.79 Å². The zero-order chi connectivity index (χ0) is 24.9. The van der Waals surface area contributed by atoms with Gasteiger partial charge in [-0.15, -0.1) is 11.3 Å². The van der Waals surface area contributed by atoms with Crippen molar-refractivity contribution in [3.8, 4) is 17.4 Å². The van der Waals surface area contributed by atoms with Crippen LogP contribution in [0.4, 0.5) is 29.5 Å². The number of imidazole rings is 1. The lowest BCUT2D eigenvalue weighted by molar-refractivity contribution is -0.378. The second-order valence-corrected chi connectivity index (χ2v) is 7.36. The van der Waals surface area contributed by atoms with Crippen LogP contribution in [0.3, 0.4) is 0 Å². The highest BCUT2D eigenvalue weighted by molar-refractivity contribution is 7.07. The van der Waals surface area contributed by atoms with Gasteiger partial charge in [-0.05, 0) is 18.2 Å². The molecule has 0 bridgehead atoms. The van der Waals surface area contributed by atoms with Crippen LogP contribution in [0.25, 0.3) is 22.6 Å². The molecule has 0 fully saturated rings. The molecule has 0 radical (unpaired) electrons. The molecule has 1 aromatic carbocycles. The number of hydrogen-bond donors (Lipinski definition) is 2. The normalized spacial score (nSPS) is 10.9. The van der Waals surface area contributed by atoms with Crippen molar-refractivity contribution in [1.29, 1.82) is 0 Å². The van der Waals surface area contributed by atoms with E-state index in [1.807, 2.05) is 29.6 Å². The fraction of sp³-hybridized carbons (Fsp3) is 0.150. The second kappa shape index (κ2) is 10.2. The molecule has 0 aliphatic carbocycles. The van der Waals surface area contributed by atoms with Gasteiger partial charge in [0.25, 0.3) is 11.7 Å². The van der Waals surface area contributed by atoms with Gasteiger partial charge in [-0.3, -0.25) is 5.32 Å². The number of rotatable bonds is 4. The molecule has 0 saturated carbocycles. The number of carbonyl (C=O) groups is 2. The van der Waals surface area contributed by atoms with Crippen molar-refractivity contribution in [3.63, 3.8) is 0 Å². The quantitative estimate of drug-likeness (QED) is 0.445. The maximum Gasteiger partial charge on any atom is 0.430 e. The number of ether oxygens (including phenoxy) is 1. The summed E-state index contributed by atoms with van der Waals surface area (Å²) in [4.78, 5) is 36.7. The van der Waals surface area contributed by atoms with Gasteiger partial charge >= 0.3 is 18.0 Å². The van der Waals surface area contributed by atoms with Gasteiger partial charge in [0.2, 0.25) is 0 Å². The number of carboxylic acid groups (broad SMARTS) is 1. The third kappa shape index (κ3) is 5.98. The van der Waals surface area contributed by atoms with Gasteiger partial charge in [0.05, 0.1) is 19.7 Å². The Hall–Kier alpha value is -4.20. The highest BCUT2D eigenvalue weighted by atomic mass is 32.1. The summed E-state index contributed by atoms with van der Waals surface area (Å²) in [5.74, 6) is -0.984. The monoisotopic (exact) mass is 495 g/mol. The van der Waals surface area contributed by atoms with Gasteiger partial charge < -0.3 is 14.6 Å². The van der Waals surface area contributed by atoms with Gasteiger partial charge in [0.15, 0.2) is 16.7 Å². The Balaban J connectivity index is 0.000000406. The summed E-state index contributed by atoms with van der Waals surface area (Å²) in [6.07, 6.45) is -5.19. The van der Waals surface area contributed by atoms with Crippen molar-refractivity contribution < 1.29 is 42.6 Å². The number of fused-ring (bicyclic) bond motifs is 1. The summed E-state index contributed by atoms with van der Waals surface area (Å²) < 4.78 is 36.7. The SMILES string of the molecule is COc1cccc(N(C)C(=O)Nc2ccc3[nH+]c(-c4cscn4)[nH]c3c2)[nH+]1.O=C([O-])C(F)(F)F. The van der Waals surface area contributed by atoms with Gasteiger partial charge in [0.1, 0.15) is 5.97 Å². The van der Waals surface area contributed by atoms with Crippen LogP contribution in [0, 0.1) is 0 Å². The number of urea groups is 1. The van der Waals surface area contributed by atoms with Crippen LogP contribution < -0.4 is 30.0 Å².